The Morgan fingerprint density at radius 1 is 0.556 bits per heavy atom. The second-order valence-electron chi connectivity index (χ2n) is 9.69. The van der Waals surface area contributed by atoms with Crippen LogP contribution in [0.15, 0.2) is 66.7 Å². The van der Waals surface area contributed by atoms with E-state index in [0.717, 1.165) is 61.2 Å². The van der Waals surface area contributed by atoms with Crippen LogP contribution in [0.5, 0.6) is 0 Å². The molecule has 0 unspecified atom stereocenters. The fourth-order valence-electron chi connectivity index (χ4n) is 5.65. The van der Waals surface area contributed by atoms with Gasteiger partial charge in [-0.25, -0.2) is 0 Å². The van der Waals surface area contributed by atoms with Gasteiger partial charge in [0.25, 0.3) is 0 Å². The third kappa shape index (κ3) is 3.26. The van der Waals surface area contributed by atoms with E-state index in [9.17, 15) is 0 Å². The summed E-state index contributed by atoms with van der Waals surface area (Å²) in [6, 6.07) is 31.2. The van der Waals surface area contributed by atoms with E-state index >= 15 is 0 Å². The largest absolute Gasteiger partial charge is 3.00 e. The van der Waals surface area contributed by atoms with Gasteiger partial charge in [0.05, 0.1) is 5.69 Å². The normalized spacial score (nSPS) is 11.7. The molecule has 176 valence electrons. The quantitative estimate of drug-likeness (QED) is 0.123. The maximum Gasteiger partial charge on any atom is 3.00 e. The van der Waals surface area contributed by atoms with Crippen LogP contribution in [-0.4, -0.2) is 4.98 Å². The van der Waals surface area contributed by atoms with Crippen molar-refractivity contribution in [3.8, 4) is 44.8 Å². The van der Waals surface area contributed by atoms with E-state index in [-0.39, 0.29) is 22.4 Å². The van der Waals surface area contributed by atoms with Crippen LogP contribution in [0.2, 0.25) is 0 Å². The van der Waals surface area contributed by atoms with E-state index in [1.807, 2.05) is 0 Å². The molecule has 0 spiro atoms. The molecule has 0 atom stereocenters. The Morgan fingerprint density at radius 3 is 1.75 bits per heavy atom. The SMILES string of the molecule is Cc1cc(C)c2[c-]c1-c1cccc(n1)-c1cccc3c1[n-]c1c(cccc13)-c1[c-]c-2c(C)cc1C.[Au+3]. The van der Waals surface area contributed by atoms with E-state index < -0.39 is 0 Å². The van der Waals surface area contributed by atoms with E-state index in [1.165, 1.54) is 27.6 Å². The Hall–Kier alpha value is -3.43. The van der Waals surface area contributed by atoms with Crippen molar-refractivity contribution in [3.05, 3.63) is 101 Å². The van der Waals surface area contributed by atoms with Crippen molar-refractivity contribution < 1.29 is 22.4 Å². The van der Waals surface area contributed by atoms with Gasteiger partial charge in [-0.3, -0.25) is 4.98 Å². The molecule has 0 saturated carbocycles. The summed E-state index contributed by atoms with van der Waals surface area (Å²) in [5, 5.41) is 2.32. The zero-order valence-corrected chi connectivity index (χ0v) is 22.7. The number of rotatable bonds is 0. The van der Waals surface area contributed by atoms with Gasteiger partial charge in [0.1, 0.15) is 0 Å². The molecule has 7 rings (SSSR count). The summed E-state index contributed by atoms with van der Waals surface area (Å²) < 4.78 is 0. The standard InChI is InChI=1S/C33H23N2.Au/c1-18-14-19(2)27-16-26(18)24-10-5-8-22-23-9-6-11-25(33(23)35-32(22)24)30-12-7-13-31(34-30)29-17-28(27)20(3)15-21(29)4;/h5-15H,1-4H3;/q-3;+3. The Balaban J connectivity index is 0.00000240. The smallest absolute Gasteiger partial charge is 0.662 e. The van der Waals surface area contributed by atoms with Gasteiger partial charge in [-0.2, -0.15) is 28.8 Å². The number of benzene rings is 4. The zero-order chi connectivity index (χ0) is 23.8. The molecular weight excluding hydrogens is 621 g/mol. The van der Waals surface area contributed by atoms with Gasteiger partial charge in [0, 0.05) is 5.69 Å². The Bertz CT molecular complexity index is 1840. The van der Waals surface area contributed by atoms with Crippen LogP contribution in [-0.2, 0) is 22.4 Å². The second kappa shape index (κ2) is 8.31. The molecule has 6 aromatic rings. The topological polar surface area (TPSA) is 27.0 Å². The van der Waals surface area contributed by atoms with Crippen LogP contribution in [0.25, 0.3) is 66.6 Å². The summed E-state index contributed by atoms with van der Waals surface area (Å²) in [7, 11) is 0. The first-order valence-corrected chi connectivity index (χ1v) is 12.0. The molecule has 0 aliphatic carbocycles. The summed E-state index contributed by atoms with van der Waals surface area (Å²) in [5.74, 6) is 0. The van der Waals surface area contributed by atoms with Crippen molar-refractivity contribution in [1.82, 2.24) is 9.97 Å². The number of pyridine rings is 1. The van der Waals surface area contributed by atoms with Gasteiger partial charge in [0.2, 0.25) is 0 Å². The summed E-state index contributed by atoms with van der Waals surface area (Å²) in [6.45, 7) is 8.64. The molecule has 1 aliphatic heterocycles. The van der Waals surface area contributed by atoms with Gasteiger partial charge >= 0.3 is 22.4 Å². The Kier molecular flexibility index (Phi) is 5.31. The number of aryl methyl sites for hydroxylation is 4. The van der Waals surface area contributed by atoms with Gasteiger partial charge in [-0.15, -0.1) is 51.0 Å². The molecule has 2 aromatic heterocycles. The van der Waals surface area contributed by atoms with E-state index in [4.69, 9.17) is 9.97 Å². The summed E-state index contributed by atoms with van der Waals surface area (Å²) in [4.78, 5) is 10.4. The van der Waals surface area contributed by atoms with Gasteiger partial charge in [-0.05, 0) is 22.4 Å². The minimum absolute atomic E-state index is 0. The van der Waals surface area contributed by atoms with Crippen molar-refractivity contribution in [2.75, 3.05) is 0 Å². The van der Waals surface area contributed by atoms with Crippen LogP contribution in [0, 0.1) is 39.8 Å². The molecule has 0 radical (unpaired) electrons. The third-order valence-corrected chi connectivity index (χ3v) is 7.33. The number of hydrogen-bond acceptors (Lipinski definition) is 1. The predicted octanol–water partition coefficient (Wildman–Crippen LogP) is 8.16. The zero-order valence-electron chi connectivity index (χ0n) is 20.5. The molecule has 0 saturated heterocycles. The van der Waals surface area contributed by atoms with Crippen molar-refractivity contribution >= 4 is 21.8 Å². The first-order valence-electron chi connectivity index (χ1n) is 12.0. The molecule has 0 amide bonds. The van der Waals surface area contributed by atoms with Crippen LogP contribution in [0.3, 0.4) is 0 Å². The minimum Gasteiger partial charge on any atom is -0.662 e. The van der Waals surface area contributed by atoms with E-state index in [1.54, 1.807) is 0 Å². The van der Waals surface area contributed by atoms with Crippen molar-refractivity contribution in [3.63, 3.8) is 0 Å². The molecule has 3 heterocycles. The number of fused-ring (bicyclic) bond motifs is 11. The first-order chi connectivity index (χ1) is 17.0. The monoisotopic (exact) mass is 644 g/mol. The first kappa shape index (κ1) is 23.0. The average molecular weight is 645 g/mol. The fourth-order valence-corrected chi connectivity index (χ4v) is 5.65. The van der Waals surface area contributed by atoms with Gasteiger partial charge < -0.3 is 4.98 Å². The number of aromatic nitrogens is 2. The van der Waals surface area contributed by atoms with E-state index in [0.29, 0.717) is 0 Å². The number of nitrogens with zero attached hydrogens (tertiary/aromatic N) is 2. The maximum atomic E-state index is 5.23. The Morgan fingerprint density at radius 2 is 1.06 bits per heavy atom. The minimum atomic E-state index is 0. The molecule has 4 aromatic carbocycles. The maximum absolute atomic E-state index is 5.23. The Labute approximate surface area is 226 Å². The molecule has 3 heteroatoms. The van der Waals surface area contributed by atoms with Gasteiger partial charge in [-0.1, -0.05) is 81.8 Å². The number of hydrogen-bond donors (Lipinski definition) is 0. The molecule has 36 heavy (non-hydrogen) atoms. The van der Waals surface area contributed by atoms with Crippen molar-refractivity contribution in [1.29, 1.82) is 0 Å². The summed E-state index contributed by atoms with van der Waals surface area (Å²) in [6.07, 6.45) is 0. The summed E-state index contributed by atoms with van der Waals surface area (Å²) in [5.41, 5.74) is 15.1. The molecular formula is C33H23AuN2. The van der Waals surface area contributed by atoms with Gasteiger partial charge in [0.15, 0.2) is 0 Å². The predicted molar refractivity (Wildman–Crippen MR) is 144 cm³/mol. The van der Waals surface area contributed by atoms with Crippen LogP contribution in [0.1, 0.15) is 22.3 Å². The van der Waals surface area contributed by atoms with Crippen LogP contribution in [0.4, 0.5) is 0 Å². The molecule has 8 bridgehead atoms. The molecule has 1 aliphatic rings. The average Bonchev–Trinajstić information content (AvgIpc) is 3.24. The number of para-hydroxylation sites is 2. The van der Waals surface area contributed by atoms with Crippen LogP contribution >= 0.6 is 0 Å². The summed E-state index contributed by atoms with van der Waals surface area (Å²) >= 11 is 0. The van der Waals surface area contributed by atoms with E-state index in [2.05, 4.69) is 107 Å². The molecule has 0 fully saturated rings. The molecule has 2 nitrogen and oxygen atoms in total. The third-order valence-electron chi connectivity index (χ3n) is 7.33. The second-order valence-corrected chi connectivity index (χ2v) is 9.69. The molecule has 0 N–H and O–H groups in total. The fraction of sp³-hybridized carbons (Fsp3) is 0.121. The van der Waals surface area contributed by atoms with Crippen LogP contribution < -0.4 is 4.98 Å². The van der Waals surface area contributed by atoms with Crippen molar-refractivity contribution in [2.24, 2.45) is 0 Å². The van der Waals surface area contributed by atoms with Crippen molar-refractivity contribution in [2.45, 2.75) is 27.7 Å².